The Hall–Kier alpha value is -1.54. The zero-order valence-electron chi connectivity index (χ0n) is 21.0. The lowest BCUT2D eigenvalue weighted by molar-refractivity contribution is 0.0373. The van der Waals surface area contributed by atoms with Crippen LogP contribution in [-0.2, 0) is 9.47 Å². The molecule has 182 valence electrons. The van der Waals surface area contributed by atoms with Crippen LogP contribution in [0.25, 0.3) is 0 Å². The summed E-state index contributed by atoms with van der Waals surface area (Å²) in [6, 6.07) is 0.0497. The van der Waals surface area contributed by atoms with Crippen molar-refractivity contribution in [1.29, 1.82) is 0 Å². The molecule has 1 aliphatic heterocycles. The van der Waals surface area contributed by atoms with Crippen LogP contribution in [0.15, 0.2) is 4.99 Å². The third-order valence-electron chi connectivity index (χ3n) is 5.23. The Morgan fingerprint density at radius 2 is 1.90 bits per heavy atom. The van der Waals surface area contributed by atoms with Crippen LogP contribution in [0.3, 0.4) is 0 Å². The van der Waals surface area contributed by atoms with Gasteiger partial charge < -0.3 is 25.0 Å². The van der Waals surface area contributed by atoms with E-state index < -0.39 is 5.60 Å². The second-order valence-corrected chi connectivity index (χ2v) is 9.60. The van der Waals surface area contributed by atoms with Gasteiger partial charge in [0.2, 0.25) is 0 Å². The second-order valence-electron chi connectivity index (χ2n) is 9.60. The van der Waals surface area contributed by atoms with E-state index >= 15 is 0 Å². The third kappa shape index (κ3) is 12.8. The van der Waals surface area contributed by atoms with Crippen molar-refractivity contribution in [1.82, 2.24) is 20.4 Å². The van der Waals surface area contributed by atoms with E-state index in [1.54, 1.807) is 0 Å². The van der Waals surface area contributed by atoms with Gasteiger partial charge >= 0.3 is 6.09 Å². The van der Waals surface area contributed by atoms with Gasteiger partial charge in [-0.2, -0.15) is 0 Å². The molecule has 2 N–H and O–H groups in total. The van der Waals surface area contributed by atoms with Crippen LogP contribution < -0.4 is 10.6 Å². The third-order valence-corrected chi connectivity index (χ3v) is 5.23. The summed E-state index contributed by atoms with van der Waals surface area (Å²) >= 11 is 0. The van der Waals surface area contributed by atoms with Gasteiger partial charge in [-0.15, -0.1) is 0 Å². The minimum absolute atomic E-state index is 0.0497. The number of morpholine rings is 1. The number of nitrogens with zero attached hydrogens (tertiary/aromatic N) is 3. The van der Waals surface area contributed by atoms with Crippen LogP contribution in [0.4, 0.5) is 4.79 Å². The fraction of sp³-hybridized carbons (Fsp3) is 0.913. The molecule has 1 atom stereocenters. The first kappa shape index (κ1) is 27.5. The normalized spacial score (nSPS) is 16.8. The first-order valence-corrected chi connectivity index (χ1v) is 11.9. The molecule has 0 aromatic rings. The average molecular weight is 442 g/mol. The highest BCUT2D eigenvalue weighted by Gasteiger charge is 2.22. The Morgan fingerprint density at radius 1 is 1.23 bits per heavy atom. The molecule has 8 heteroatoms. The molecule has 1 amide bonds. The summed E-state index contributed by atoms with van der Waals surface area (Å²) in [5.41, 5.74) is -0.491. The molecule has 1 saturated heterocycles. The highest BCUT2D eigenvalue weighted by Crippen LogP contribution is 2.11. The summed E-state index contributed by atoms with van der Waals surface area (Å²) in [5, 5.41) is 6.41. The Labute approximate surface area is 190 Å². The molecule has 8 nitrogen and oxygen atoms in total. The lowest BCUT2D eigenvalue weighted by atomic mass is 10.0. The summed E-state index contributed by atoms with van der Waals surface area (Å²) in [7, 11) is 2.06. The second kappa shape index (κ2) is 14.5. The monoisotopic (exact) mass is 441 g/mol. The molecular formula is C23H47N5O3. The van der Waals surface area contributed by atoms with Crippen molar-refractivity contribution in [3.63, 3.8) is 0 Å². The molecule has 0 saturated carbocycles. The average Bonchev–Trinajstić information content (AvgIpc) is 2.69. The van der Waals surface area contributed by atoms with Gasteiger partial charge in [0.1, 0.15) is 5.60 Å². The van der Waals surface area contributed by atoms with Gasteiger partial charge in [-0.05, 0) is 59.4 Å². The van der Waals surface area contributed by atoms with E-state index in [0.717, 1.165) is 77.7 Å². The number of ether oxygens (including phenoxy) is 2. The molecular weight excluding hydrogens is 394 g/mol. The van der Waals surface area contributed by atoms with Gasteiger partial charge in [0, 0.05) is 45.8 Å². The first-order chi connectivity index (χ1) is 14.6. The molecule has 0 aliphatic carbocycles. The summed E-state index contributed by atoms with van der Waals surface area (Å²) < 4.78 is 10.8. The predicted molar refractivity (Wildman–Crippen MR) is 128 cm³/mol. The number of rotatable bonds is 11. The van der Waals surface area contributed by atoms with E-state index in [9.17, 15) is 4.79 Å². The number of unbranched alkanes of at least 4 members (excludes halogenated alkanes) is 1. The van der Waals surface area contributed by atoms with Gasteiger partial charge in [0.15, 0.2) is 5.96 Å². The number of hydrogen-bond donors (Lipinski definition) is 2. The minimum Gasteiger partial charge on any atom is -0.444 e. The molecule has 31 heavy (non-hydrogen) atoms. The maximum absolute atomic E-state index is 12.2. The molecule has 1 aliphatic rings. The van der Waals surface area contributed by atoms with Crippen LogP contribution in [0, 0.1) is 5.92 Å². The van der Waals surface area contributed by atoms with Crippen molar-refractivity contribution in [2.45, 2.75) is 72.4 Å². The summed E-state index contributed by atoms with van der Waals surface area (Å²) in [6.45, 7) is 19.3. The first-order valence-electron chi connectivity index (χ1n) is 11.9. The Kier molecular flexibility index (Phi) is 12.9. The van der Waals surface area contributed by atoms with E-state index in [1.807, 2.05) is 20.8 Å². The molecule has 1 rings (SSSR count). The summed E-state index contributed by atoms with van der Waals surface area (Å²) in [5.74, 6) is 1.24. The van der Waals surface area contributed by atoms with Crippen LogP contribution in [0.5, 0.6) is 0 Å². The standard InChI is InChI=1S/C23H47N5O3/c1-8-24-21(25-12-9-10-13-28-15-17-30-18-16-28)27(7)14-11-20(19(2)3)26-22(29)31-23(4,5)6/h19-20H,8-18H2,1-7H3,(H,24,25)(H,26,29). The molecule has 0 radical (unpaired) electrons. The lowest BCUT2D eigenvalue weighted by Gasteiger charge is -2.28. The van der Waals surface area contributed by atoms with Crippen LogP contribution in [-0.4, -0.2) is 93.0 Å². The summed E-state index contributed by atoms with van der Waals surface area (Å²) in [6.07, 6.45) is 2.71. The van der Waals surface area contributed by atoms with Crippen molar-refractivity contribution in [3.8, 4) is 0 Å². The minimum atomic E-state index is -0.491. The van der Waals surface area contributed by atoms with E-state index in [-0.39, 0.29) is 12.1 Å². The number of aliphatic imine (C=N–C) groups is 1. The van der Waals surface area contributed by atoms with E-state index in [2.05, 4.69) is 48.3 Å². The lowest BCUT2D eigenvalue weighted by Crippen LogP contribution is -2.45. The molecule has 0 bridgehead atoms. The highest BCUT2D eigenvalue weighted by molar-refractivity contribution is 5.79. The molecule has 0 aromatic heterocycles. The van der Waals surface area contributed by atoms with Crippen LogP contribution in [0.2, 0.25) is 0 Å². The van der Waals surface area contributed by atoms with E-state index in [4.69, 9.17) is 14.5 Å². The van der Waals surface area contributed by atoms with Gasteiger partial charge in [0.25, 0.3) is 0 Å². The molecule has 0 aromatic carbocycles. The van der Waals surface area contributed by atoms with Crippen molar-refractivity contribution in [3.05, 3.63) is 0 Å². The largest absolute Gasteiger partial charge is 0.444 e. The van der Waals surface area contributed by atoms with Gasteiger partial charge in [-0.3, -0.25) is 9.89 Å². The Morgan fingerprint density at radius 3 is 2.48 bits per heavy atom. The van der Waals surface area contributed by atoms with Crippen molar-refractivity contribution in [2.75, 3.05) is 59.5 Å². The molecule has 0 spiro atoms. The number of guanidine groups is 1. The van der Waals surface area contributed by atoms with Crippen molar-refractivity contribution >= 4 is 12.1 Å². The molecule has 1 heterocycles. The Balaban J connectivity index is 2.45. The molecule has 1 unspecified atom stereocenters. The maximum atomic E-state index is 12.2. The fourth-order valence-corrected chi connectivity index (χ4v) is 3.40. The number of hydrogen-bond acceptors (Lipinski definition) is 5. The number of carbonyl (C=O) groups is 1. The SMILES string of the molecule is CCNC(=NCCCCN1CCOCC1)N(C)CCC(NC(=O)OC(C)(C)C)C(C)C. The predicted octanol–water partition coefficient (Wildman–Crippen LogP) is 2.94. The number of carbonyl (C=O) groups excluding carboxylic acids is 1. The maximum Gasteiger partial charge on any atom is 0.407 e. The molecule has 1 fully saturated rings. The Bertz CT molecular complexity index is 528. The quantitative estimate of drug-likeness (QED) is 0.292. The van der Waals surface area contributed by atoms with Gasteiger partial charge in [-0.25, -0.2) is 4.79 Å². The van der Waals surface area contributed by atoms with Crippen molar-refractivity contribution < 1.29 is 14.3 Å². The zero-order chi connectivity index (χ0) is 23.3. The van der Waals surface area contributed by atoms with Crippen LogP contribution in [0.1, 0.15) is 60.8 Å². The zero-order valence-corrected chi connectivity index (χ0v) is 21.0. The van der Waals surface area contributed by atoms with Gasteiger partial charge in [0.05, 0.1) is 13.2 Å². The van der Waals surface area contributed by atoms with Crippen molar-refractivity contribution in [2.24, 2.45) is 10.9 Å². The van der Waals surface area contributed by atoms with E-state index in [0.29, 0.717) is 5.92 Å². The fourth-order valence-electron chi connectivity index (χ4n) is 3.40. The number of amides is 1. The smallest absolute Gasteiger partial charge is 0.407 e. The topological polar surface area (TPSA) is 78.4 Å². The van der Waals surface area contributed by atoms with Crippen LogP contribution >= 0.6 is 0 Å². The summed E-state index contributed by atoms with van der Waals surface area (Å²) in [4.78, 5) is 21.6. The van der Waals surface area contributed by atoms with E-state index in [1.165, 1.54) is 0 Å². The highest BCUT2D eigenvalue weighted by atomic mass is 16.6. The number of alkyl carbamates (subject to hydrolysis) is 1. The van der Waals surface area contributed by atoms with Gasteiger partial charge in [-0.1, -0.05) is 13.8 Å². The number of nitrogens with one attached hydrogen (secondary N) is 2.